The molecule has 10 N–H and O–H groups in total. The Hall–Kier alpha value is -3.85. The third kappa shape index (κ3) is 10.6. The lowest BCUT2D eigenvalue weighted by Crippen LogP contribution is -2.58. The fraction of sp³-hybridized carbons (Fsp3) is 0.429. The summed E-state index contributed by atoms with van der Waals surface area (Å²) in [7, 11) is 0. The number of carbonyl (C=O) groups excluding carboxylic acids is 4. The number of nitrogens with two attached hydrogens (primary N) is 2. The van der Waals surface area contributed by atoms with Gasteiger partial charge >= 0.3 is 11.9 Å². The monoisotopic (exact) mass is 527 g/mol. The van der Waals surface area contributed by atoms with E-state index in [0.717, 1.165) is 0 Å². The molecule has 1 rings (SSSR count). The van der Waals surface area contributed by atoms with Crippen molar-refractivity contribution in [1.29, 1.82) is 0 Å². The van der Waals surface area contributed by atoms with Gasteiger partial charge in [-0.3, -0.25) is 24.0 Å². The average Bonchev–Trinajstić information content (AvgIpc) is 2.80. The molecule has 198 valence electrons. The maximum absolute atomic E-state index is 12.7. The molecule has 0 aromatic heterocycles. The van der Waals surface area contributed by atoms with Crippen LogP contribution in [0.15, 0.2) is 24.3 Å². The first-order valence-electron chi connectivity index (χ1n) is 10.6. The van der Waals surface area contributed by atoms with Crippen LogP contribution in [0.5, 0.6) is 5.75 Å². The molecule has 4 unspecified atom stereocenters. The van der Waals surface area contributed by atoms with E-state index in [1.165, 1.54) is 24.3 Å². The number of primary amides is 1. The van der Waals surface area contributed by atoms with Crippen molar-refractivity contribution in [3.05, 3.63) is 29.8 Å². The molecule has 0 spiro atoms. The Balaban J connectivity index is 2.87. The van der Waals surface area contributed by atoms with Gasteiger partial charge in [-0.2, -0.15) is 12.6 Å². The Morgan fingerprint density at radius 3 is 1.89 bits per heavy atom. The highest BCUT2D eigenvalue weighted by molar-refractivity contribution is 7.80. The van der Waals surface area contributed by atoms with Gasteiger partial charge in [-0.1, -0.05) is 12.1 Å². The van der Waals surface area contributed by atoms with Crippen LogP contribution in [0.1, 0.15) is 24.8 Å². The Morgan fingerprint density at radius 2 is 1.39 bits per heavy atom. The lowest BCUT2D eigenvalue weighted by Gasteiger charge is -2.24. The van der Waals surface area contributed by atoms with Gasteiger partial charge in [0.05, 0.1) is 12.5 Å². The largest absolute Gasteiger partial charge is 0.508 e. The summed E-state index contributed by atoms with van der Waals surface area (Å²) >= 11 is 3.98. The molecule has 0 aliphatic rings. The van der Waals surface area contributed by atoms with E-state index < -0.39 is 66.2 Å². The molecule has 0 saturated carbocycles. The van der Waals surface area contributed by atoms with Gasteiger partial charge in [-0.05, 0) is 24.1 Å². The minimum absolute atomic E-state index is 0.0238. The number of aliphatic carboxylic acids is 2. The van der Waals surface area contributed by atoms with Crippen LogP contribution in [0.3, 0.4) is 0 Å². The zero-order valence-corrected chi connectivity index (χ0v) is 19.9. The minimum Gasteiger partial charge on any atom is -0.508 e. The number of hydrogen-bond donors (Lipinski definition) is 9. The van der Waals surface area contributed by atoms with E-state index in [4.69, 9.17) is 16.6 Å². The van der Waals surface area contributed by atoms with E-state index in [1.807, 2.05) is 0 Å². The molecule has 1 aromatic carbocycles. The van der Waals surface area contributed by atoms with E-state index in [1.54, 1.807) is 0 Å². The molecule has 0 bridgehead atoms. The summed E-state index contributed by atoms with van der Waals surface area (Å²) in [5.74, 6) is -6.68. The van der Waals surface area contributed by atoms with Gasteiger partial charge in [0.25, 0.3) is 0 Å². The Labute approximate surface area is 211 Å². The van der Waals surface area contributed by atoms with E-state index >= 15 is 0 Å². The zero-order valence-electron chi connectivity index (χ0n) is 19.0. The zero-order chi connectivity index (χ0) is 27.4. The summed E-state index contributed by atoms with van der Waals surface area (Å²) in [6, 6.07) is 0.00955. The van der Waals surface area contributed by atoms with Crippen molar-refractivity contribution in [3.63, 3.8) is 0 Å². The number of nitrogens with one attached hydrogen (secondary N) is 3. The molecule has 0 fully saturated rings. The molecule has 0 radical (unpaired) electrons. The lowest BCUT2D eigenvalue weighted by atomic mass is 10.1. The van der Waals surface area contributed by atoms with Crippen LogP contribution in [-0.4, -0.2) is 80.8 Å². The molecular weight excluding hydrogens is 498 g/mol. The number of aromatic hydroxyl groups is 1. The van der Waals surface area contributed by atoms with Crippen molar-refractivity contribution < 1.29 is 44.1 Å². The van der Waals surface area contributed by atoms with Gasteiger partial charge < -0.3 is 42.7 Å². The molecule has 4 amide bonds. The number of rotatable bonds is 15. The molecule has 0 aliphatic heterocycles. The molecule has 0 heterocycles. The van der Waals surface area contributed by atoms with Crippen molar-refractivity contribution in [2.24, 2.45) is 11.5 Å². The molecule has 4 atom stereocenters. The summed E-state index contributed by atoms with van der Waals surface area (Å²) < 4.78 is 0. The Bertz CT molecular complexity index is 973. The standard InChI is InChI=1S/C21H29N5O9S/c22-12(5-6-16(23)28)18(31)24-13(8-17(29)30)19(32)26-15(9-36)20(33)25-14(21(34)35)7-10-1-3-11(27)4-2-10/h1-4,12-15,27,36H,5-9,22H2,(H2,23,28)(H,24,31)(H,25,33)(H,26,32)(H,29,30)(H,34,35). The highest BCUT2D eigenvalue weighted by atomic mass is 32.1. The van der Waals surface area contributed by atoms with Crippen LogP contribution in [0.4, 0.5) is 0 Å². The van der Waals surface area contributed by atoms with Crippen molar-refractivity contribution in [1.82, 2.24) is 16.0 Å². The second kappa shape index (κ2) is 14.5. The fourth-order valence-electron chi connectivity index (χ4n) is 2.90. The molecule has 1 aromatic rings. The second-order valence-corrected chi connectivity index (χ2v) is 8.15. The van der Waals surface area contributed by atoms with Gasteiger partial charge in [0, 0.05) is 18.6 Å². The topological polar surface area (TPSA) is 251 Å². The molecule has 15 heteroatoms. The van der Waals surface area contributed by atoms with E-state index in [9.17, 15) is 39.0 Å². The van der Waals surface area contributed by atoms with Crippen molar-refractivity contribution in [3.8, 4) is 5.75 Å². The SMILES string of the molecule is NC(=O)CCC(N)C(=O)NC(CC(=O)O)C(=O)NC(CS)C(=O)NC(Cc1ccc(O)cc1)C(=O)O. The van der Waals surface area contributed by atoms with Crippen LogP contribution in [0, 0.1) is 0 Å². The normalized spacial score (nSPS) is 13.9. The number of hydrogen-bond acceptors (Lipinski definition) is 9. The first kappa shape index (κ1) is 30.2. The van der Waals surface area contributed by atoms with Crippen molar-refractivity contribution in [2.75, 3.05) is 5.75 Å². The predicted octanol–water partition coefficient (Wildman–Crippen LogP) is -2.53. The Kier molecular flexibility index (Phi) is 12.2. The number of phenolic OH excluding ortho intramolecular Hbond substituents is 1. The van der Waals surface area contributed by atoms with E-state index in [-0.39, 0.29) is 30.8 Å². The second-order valence-electron chi connectivity index (χ2n) is 7.78. The summed E-state index contributed by atoms with van der Waals surface area (Å²) in [6.45, 7) is 0. The maximum Gasteiger partial charge on any atom is 0.326 e. The van der Waals surface area contributed by atoms with Crippen molar-refractivity contribution >= 4 is 48.2 Å². The quantitative estimate of drug-likeness (QED) is 0.108. The van der Waals surface area contributed by atoms with Gasteiger partial charge in [0.1, 0.15) is 23.9 Å². The third-order valence-electron chi connectivity index (χ3n) is 4.86. The van der Waals surface area contributed by atoms with Crippen LogP contribution in [0.2, 0.25) is 0 Å². The summed E-state index contributed by atoms with van der Waals surface area (Å²) in [4.78, 5) is 71.2. The highest BCUT2D eigenvalue weighted by Crippen LogP contribution is 2.11. The first-order valence-corrected chi connectivity index (χ1v) is 11.3. The summed E-state index contributed by atoms with van der Waals surface area (Å²) in [6.07, 6.45) is -1.32. The molecular formula is C21H29N5O9S. The van der Waals surface area contributed by atoms with Crippen molar-refractivity contribution in [2.45, 2.75) is 49.9 Å². The minimum atomic E-state index is -1.63. The van der Waals surface area contributed by atoms with E-state index in [0.29, 0.717) is 5.56 Å². The fourth-order valence-corrected chi connectivity index (χ4v) is 3.16. The lowest BCUT2D eigenvalue weighted by molar-refractivity contribution is -0.143. The summed E-state index contributed by atoms with van der Waals surface area (Å²) in [5.41, 5.74) is 11.1. The third-order valence-corrected chi connectivity index (χ3v) is 5.22. The van der Waals surface area contributed by atoms with Gasteiger partial charge in [0.2, 0.25) is 23.6 Å². The number of thiol groups is 1. The summed E-state index contributed by atoms with van der Waals surface area (Å²) in [5, 5.41) is 34.6. The number of amides is 4. The van der Waals surface area contributed by atoms with Gasteiger partial charge in [0.15, 0.2) is 0 Å². The van der Waals surface area contributed by atoms with Gasteiger partial charge in [-0.15, -0.1) is 0 Å². The van der Waals surface area contributed by atoms with Crippen LogP contribution in [-0.2, 0) is 35.2 Å². The molecule has 14 nitrogen and oxygen atoms in total. The predicted molar refractivity (Wildman–Crippen MR) is 128 cm³/mol. The average molecular weight is 528 g/mol. The smallest absolute Gasteiger partial charge is 0.326 e. The van der Waals surface area contributed by atoms with Crippen LogP contribution in [0.25, 0.3) is 0 Å². The first-order chi connectivity index (χ1) is 16.8. The highest BCUT2D eigenvalue weighted by Gasteiger charge is 2.31. The molecule has 0 saturated heterocycles. The van der Waals surface area contributed by atoms with Crippen LogP contribution < -0.4 is 27.4 Å². The molecule has 36 heavy (non-hydrogen) atoms. The maximum atomic E-state index is 12.7. The Morgan fingerprint density at radius 1 is 0.861 bits per heavy atom. The number of benzene rings is 1. The number of carboxylic acid groups (broad SMARTS) is 2. The number of carboxylic acids is 2. The molecule has 0 aliphatic carbocycles. The van der Waals surface area contributed by atoms with Crippen LogP contribution >= 0.6 is 12.6 Å². The number of carbonyl (C=O) groups is 6. The van der Waals surface area contributed by atoms with E-state index in [2.05, 4.69) is 28.6 Å². The number of phenols is 1. The van der Waals surface area contributed by atoms with Gasteiger partial charge in [-0.25, -0.2) is 4.79 Å².